The number of carboxylic acids is 1. The summed E-state index contributed by atoms with van der Waals surface area (Å²) in [6.45, 7) is 4.04. The van der Waals surface area contributed by atoms with Crippen molar-refractivity contribution >= 4 is 17.3 Å². The highest BCUT2D eigenvalue weighted by molar-refractivity contribution is 7.14. The van der Waals surface area contributed by atoms with E-state index in [0.717, 1.165) is 51.7 Å². The Hall–Kier alpha value is -2.73. The van der Waals surface area contributed by atoms with Crippen molar-refractivity contribution in [3.8, 4) is 27.4 Å². The van der Waals surface area contributed by atoms with Gasteiger partial charge in [0.25, 0.3) is 0 Å². The molecule has 1 aromatic heterocycles. The van der Waals surface area contributed by atoms with Gasteiger partial charge in [-0.2, -0.15) is 0 Å². The van der Waals surface area contributed by atoms with Crippen LogP contribution >= 0.6 is 11.3 Å². The van der Waals surface area contributed by atoms with E-state index in [-0.39, 0.29) is 17.9 Å². The molecule has 4 rings (SSSR count). The number of carboxylic acid groups (broad SMARTS) is 1. The molecular formula is C24H26N2O3S. The lowest BCUT2D eigenvalue weighted by Crippen LogP contribution is -2.21. The summed E-state index contributed by atoms with van der Waals surface area (Å²) < 4.78 is 5.71. The monoisotopic (exact) mass is 422 g/mol. The highest BCUT2D eigenvalue weighted by Gasteiger charge is 2.30. The predicted octanol–water partition coefficient (Wildman–Crippen LogP) is 6.02. The Morgan fingerprint density at radius 2 is 1.63 bits per heavy atom. The molecule has 3 aromatic rings. The molecule has 5 nitrogen and oxygen atoms in total. The molecule has 1 heterocycles. The molecule has 1 aliphatic rings. The summed E-state index contributed by atoms with van der Waals surface area (Å²) in [5, 5.41) is 19.9. The van der Waals surface area contributed by atoms with Crippen LogP contribution in [0.1, 0.15) is 50.5 Å². The maximum absolute atomic E-state index is 11.3. The number of hydrogen-bond acceptors (Lipinski definition) is 5. The molecule has 0 amide bonds. The minimum Gasteiger partial charge on any atom is -0.491 e. The molecule has 156 valence electrons. The van der Waals surface area contributed by atoms with Gasteiger partial charge in [-0.05, 0) is 56.4 Å². The quantitative estimate of drug-likeness (QED) is 0.526. The van der Waals surface area contributed by atoms with E-state index in [1.165, 1.54) is 0 Å². The van der Waals surface area contributed by atoms with Crippen LogP contribution in [0.3, 0.4) is 0 Å². The van der Waals surface area contributed by atoms with Crippen LogP contribution in [-0.4, -0.2) is 27.4 Å². The first-order chi connectivity index (χ1) is 14.5. The van der Waals surface area contributed by atoms with Crippen LogP contribution in [0, 0.1) is 5.92 Å². The Balaban J connectivity index is 1.46. The van der Waals surface area contributed by atoms with Gasteiger partial charge in [-0.3, -0.25) is 4.79 Å². The third kappa shape index (κ3) is 4.70. The summed E-state index contributed by atoms with van der Waals surface area (Å²) in [5.74, 6) is 0.132. The number of ether oxygens (including phenoxy) is 1. The first kappa shape index (κ1) is 20.5. The topological polar surface area (TPSA) is 72.3 Å². The van der Waals surface area contributed by atoms with Crippen LogP contribution in [-0.2, 0) is 4.79 Å². The van der Waals surface area contributed by atoms with Crippen molar-refractivity contribution in [2.24, 2.45) is 5.92 Å². The zero-order valence-electron chi connectivity index (χ0n) is 17.2. The average molecular weight is 423 g/mol. The van der Waals surface area contributed by atoms with Crippen LogP contribution in [0.5, 0.6) is 5.75 Å². The molecule has 0 aliphatic heterocycles. The minimum absolute atomic E-state index is 0.163. The molecule has 2 unspecified atom stereocenters. The fourth-order valence-corrected chi connectivity index (χ4v) is 4.95. The van der Waals surface area contributed by atoms with E-state index in [1.807, 2.05) is 26.0 Å². The van der Waals surface area contributed by atoms with Gasteiger partial charge in [0.1, 0.15) is 15.8 Å². The molecule has 1 fully saturated rings. The van der Waals surface area contributed by atoms with Gasteiger partial charge in [-0.25, -0.2) is 0 Å². The molecule has 30 heavy (non-hydrogen) atoms. The Morgan fingerprint density at radius 1 is 1.00 bits per heavy atom. The second kappa shape index (κ2) is 8.96. The predicted molar refractivity (Wildman–Crippen MR) is 119 cm³/mol. The molecule has 0 radical (unpaired) electrons. The van der Waals surface area contributed by atoms with E-state index in [4.69, 9.17) is 4.74 Å². The van der Waals surface area contributed by atoms with Crippen molar-refractivity contribution in [1.82, 2.24) is 10.2 Å². The van der Waals surface area contributed by atoms with E-state index in [2.05, 4.69) is 46.6 Å². The van der Waals surface area contributed by atoms with E-state index in [1.54, 1.807) is 11.3 Å². The highest BCUT2D eigenvalue weighted by atomic mass is 32.1. The average Bonchev–Trinajstić information content (AvgIpc) is 3.24. The number of aliphatic carboxylic acids is 1. The number of rotatable bonds is 6. The Kier molecular flexibility index (Phi) is 6.13. The van der Waals surface area contributed by atoms with Crippen molar-refractivity contribution in [1.29, 1.82) is 0 Å². The van der Waals surface area contributed by atoms with Crippen molar-refractivity contribution < 1.29 is 14.6 Å². The zero-order valence-corrected chi connectivity index (χ0v) is 18.1. The fourth-order valence-electron chi connectivity index (χ4n) is 3.96. The molecule has 0 bridgehead atoms. The number of aromatic nitrogens is 2. The van der Waals surface area contributed by atoms with Gasteiger partial charge in [-0.1, -0.05) is 54.2 Å². The summed E-state index contributed by atoms with van der Waals surface area (Å²) in [6, 6.07) is 16.4. The van der Waals surface area contributed by atoms with Crippen LogP contribution in [0.2, 0.25) is 0 Å². The van der Waals surface area contributed by atoms with Gasteiger partial charge < -0.3 is 9.84 Å². The van der Waals surface area contributed by atoms with Gasteiger partial charge in [0, 0.05) is 11.5 Å². The molecule has 2 atom stereocenters. The molecule has 1 N–H and O–H groups in total. The number of nitrogens with zero attached hydrogens (tertiary/aromatic N) is 2. The summed E-state index contributed by atoms with van der Waals surface area (Å²) in [6.07, 6.45) is 3.53. The second-order valence-electron chi connectivity index (χ2n) is 8.11. The Bertz CT molecular complexity index is 996. The van der Waals surface area contributed by atoms with E-state index < -0.39 is 5.97 Å². The van der Waals surface area contributed by atoms with Crippen LogP contribution < -0.4 is 4.74 Å². The molecule has 1 saturated carbocycles. The highest BCUT2D eigenvalue weighted by Crippen LogP contribution is 2.39. The first-order valence-corrected chi connectivity index (χ1v) is 11.2. The summed E-state index contributed by atoms with van der Waals surface area (Å²) in [4.78, 5) is 11.3. The van der Waals surface area contributed by atoms with Crippen LogP contribution in [0.4, 0.5) is 0 Å². The largest absolute Gasteiger partial charge is 0.491 e. The first-order valence-electron chi connectivity index (χ1n) is 10.4. The van der Waals surface area contributed by atoms with Crippen molar-refractivity contribution in [2.45, 2.75) is 51.6 Å². The molecular weight excluding hydrogens is 396 g/mol. The number of benzene rings is 2. The van der Waals surface area contributed by atoms with Gasteiger partial charge in [0.15, 0.2) is 0 Å². The SMILES string of the molecule is CC(C)Oc1ccc(-c2ccc(-c3nnc(C4CCCC(C(=O)O)C4)s3)cc2)cc1. The zero-order chi connectivity index (χ0) is 21.1. The van der Waals surface area contributed by atoms with Crippen LogP contribution in [0.15, 0.2) is 48.5 Å². The lowest BCUT2D eigenvalue weighted by molar-refractivity contribution is -0.143. The normalized spacial score (nSPS) is 19.0. The third-order valence-corrected chi connectivity index (χ3v) is 6.64. The molecule has 0 saturated heterocycles. The smallest absolute Gasteiger partial charge is 0.306 e. The van der Waals surface area contributed by atoms with Crippen molar-refractivity contribution in [3.63, 3.8) is 0 Å². The summed E-state index contributed by atoms with van der Waals surface area (Å²) in [5.41, 5.74) is 3.31. The Morgan fingerprint density at radius 3 is 2.27 bits per heavy atom. The second-order valence-corrected chi connectivity index (χ2v) is 9.12. The van der Waals surface area contributed by atoms with Gasteiger partial charge >= 0.3 is 5.97 Å². The van der Waals surface area contributed by atoms with Gasteiger partial charge in [0.05, 0.1) is 12.0 Å². The van der Waals surface area contributed by atoms with Crippen LogP contribution in [0.25, 0.3) is 21.7 Å². The maximum Gasteiger partial charge on any atom is 0.306 e. The fraction of sp³-hybridized carbons (Fsp3) is 0.375. The van der Waals surface area contributed by atoms with Crippen molar-refractivity contribution in [2.75, 3.05) is 0 Å². The van der Waals surface area contributed by atoms with E-state index in [0.29, 0.717) is 6.42 Å². The van der Waals surface area contributed by atoms with Crippen molar-refractivity contribution in [3.05, 3.63) is 53.5 Å². The lowest BCUT2D eigenvalue weighted by atomic mass is 9.82. The Labute approximate surface area is 180 Å². The number of hydrogen-bond donors (Lipinski definition) is 1. The standard InChI is InChI=1S/C24H26N2O3S/c1-15(2)29-21-12-10-17(11-13-21)16-6-8-18(9-7-16)22-25-26-23(30-22)19-4-3-5-20(14-19)24(27)28/h6-13,15,19-20H,3-5,14H2,1-2H3,(H,27,28). The van der Waals surface area contributed by atoms with Gasteiger partial charge in [0.2, 0.25) is 0 Å². The third-order valence-electron chi connectivity index (χ3n) is 5.50. The van der Waals surface area contributed by atoms with E-state index >= 15 is 0 Å². The molecule has 2 aromatic carbocycles. The minimum atomic E-state index is -0.691. The van der Waals surface area contributed by atoms with E-state index in [9.17, 15) is 9.90 Å². The molecule has 6 heteroatoms. The molecule has 1 aliphatic carbocycles. The van der Waals surface area contributed by atoms with Gasteiger partial charge in [-0.15, -0.1) is 10.2 Å². The maximum atomic E-state index is 11.3. The molecule has 0 spiro atoms. The summed E-state index contributed by atoms with van der Waals surface area (Å²) in [7, 11) is 0. The summed E-state index contributed by atoms with van der Waals surface area (Å²) >= 11 is 1.58. The number of carbonyl (C=O) groups is 1. The lowest BCUT2D eigenvalue weighted by Gasteiger charge is -2.24.